The minimum atomic E-state index is -4.13. The molecule has 0 heterocycles. The maximum Gasteiger partial charge on any atom is 0.401 e. The van der Waals surface area contributed by atoms with Gasteiger partial charge in [0.2, 0.25) is 0 Å². The van der Waals surface area contributed by atoms with Gasteiger partial charge in [0, 0.05) is 4.47 Å². The number of nitrogens with one attached hydrogen (secondary N) is 1. The van der Waals surface area contributed by atoms with E-state index >= 15 is 0 Å². The zero-order valence-electron chi connectivity index (χ0n) is 7.94. The van der Waals surface area contributed by atoms with Crippen LogP contribution in [0.15, 0.2) is 28.7 Å². The maximum absolute atomic E-state index is 11.8. The van der Waals surface area contributed by atoms with Crippen LogP contribution in [0.5, 0.6) is 0 Å². The van der Waals surface area contributed by atoms with Crippen LogP contribution < -0.4 is 5.32 Å². The third kappa shape index (κ3) is 5.18. The van der Waals surface area contributed by atoms with Gasteiger partial charge in [-0.05, 0) is 24.6 Å². The van der Waals surface area contributed by atoms with Crippen LogP contribution in [-0.4, -0.2) is 19.3 Å². The maximum atomic E-state index is 11.8. The molecule has 1 N–H and O–H groups in total. The van der Waals surface area contributed by atoms with Crippen LogP contribution in [-0.2, 0) is 6.42 Å². The number of halogens is 4. The first-order valence-electron chi connectivity index (χ1n) is 4.50. The summed E-state index contributed by atoms with van der Waals surface area (Å²) in [5.41, 5.74) is 1.01. The third-order valence-corrected chi connectivity index (χ3v) is 2.63. The number of rotatable bonds is 4. The van der Waals surface area contributed by atoms with E-state index in [2.05, 4.69) is 21.2 Å². The molecule has 0 saturated heterocycles. The molecule has 84 valence electrons. The minimum absolute atomic E-state index is 0.322. The number of alkyl halides is 3. The summed E-state index contributed by atoms with van der Waals surface area (Å²) in [6, 6.07) is 7.50. The van der Waals surface area contributed by atoms with Crippen molar-refractivity contribution in [1.82, 2.24) is 5.32 Å². The van der Waals surface area contributed by atoms with Gasteiger partial charge in [-0.15, -0.1) is 0 Å². The lowest BCUT2D eigenvalue weighted by atomic mass is 10.1. The van der Waals surface area contributed by atoms with Gasteiger partial charge in [0.1, 0.15) is 0 Å². The molecule has 0 aliphatic carbocycles. The Hall–Kier alpha value is -0.550. The van der Waals surface area contributed by atoms with Crippen LogP contribution in [0.3, 0.4) is 0 Å². The highest BCUT2D eigenvalue weighted by Gasteiger charge is 2.25. The van der Waals surface area contributed by atoms with Crippen molar-refractivity contribution in [1.29, 1.82) is 0 Å². The lowest BCUT2D eigenvalue weighted by Gasteiger charge is -2.08. The predicted octanol–water partition coefficient (Wildman–Crippen LogP) is 3.14. The lowest BCUT2D eigenvalue weighted by Crippen LogP contribution is -2.30. The first-order chi connectivity index (χ1) is 6.99. The van der Waals surface area contributed by atoms with Gasteiger partial charge in [-0.3, -0.25) is 0 Å². The summed E-state index contributed by atoms with van der Waals surface area (Å²) in [6.45, 7) is -0.612. The Labute approximate surface area is 94.8 Å². The molecular formula is C10H11BrF3N. The second kappa shape index (κ2) is 5.51. The summed E-state index contributed by atoms with van der Waals surface area (Å²) < 4.78 is 36.3. The van der Waals surface area contributed by atoms with Crippen molar-refractivity contribution in [2.45, 2.75) is 12.6 Å². The summed E-state index contributed by atoms with van der Waals surface area (Å²) in [5, 5.41) is 2.36. The molecule has 15 heavy (non-hydrogen) atoms. The van der Waals surface area contributed by atoms with E-state index in [-0.39, 0.29) is 0 Å². The highest BCUT2D eigenvalue weighted by atomic mass is 79.9. The number of hydrogen-bond donors (Lipinski definition) is 1. The van der Waals surface area contributed by atoms with E-state index in [1.165, 1.54) is 0 Å². The van der Waals surface area contributed by atoms with Gasteiger partial charge >= 0.3 is 6.18 Å². The van der Waals surface area contributed by atoms with Crippen molar-refractivity contribution in [3.05, 3.63) is 34.3 Å². The van der Waals surface area contributed by atoms with Gasteiger partial charge in [0.05, 0.1) is 6.54 Å². The molecule has 0 aliphatic heterocycles. The molecule has 0 atom stereocenters. The molecule has 0 unspecified atom stereocenters. The fourth-order valence-electron chi connectivity index (χ4n) is 1.15. The predicted molar refractivity (Wildman–Crippen MR) is 56.8 cm³/mol. The lowest BCUT2D eigenvalue weighted by molar-refractivity contribution is -0.124. The Morgan fingerprint density at radius 1 is 1.20 bits per heavy atom. The molecule has 1 nitrogen and oxygen atoms in total. The van der Waals surface area contributed by atoms with E-state index in [1.54, 1.807) is 0 Å². The molecule has 0 fully saturated rings. The largest absolute Gasteiger partial charge is 0.401 e. The summed E-state index contributed by atoms with van der Waals surface area (Å²) in [7, 11) is 0. The molecule has 0 spiro atoms. The molecule has 1 aromatic rings. The van der Waals surface area contributed by atoms with E-state index in [9.17, 15) is 13.2 Å². The summed E-state index contributed by atoms with van der Waals surface area (Å²) in [6.07, 6.45) is -3.55. The zero-order valence-corrected chi connectivity index (χ0v) is 9.53. The average Bonchev–Trinajstić information content (AvgIpc) is 2.13. The fourth-order valence-corrected chi connectivity index (χ4v) is 1.64. The molecule has 0 bridgehead atoms. The van der Waals surface area contributed by atoms with E-state index in [4.69, 9.17) is 0 Å². The normalized spacial score (nSPS) is 11.7. The second-order valence-electron chi connectivity index (χ2n) is 3.13. The van der Waals surface area contributed by atoms with Crippen molar-refractivity contribution in [3.63, 3.8) is 0 Å². The Bertz CT molecular complexity index is 312. The zero-order chi connectivity index (χ0) is 11.3. The highest BCUT2D eigenvalue weighted by molar-refractivity contribution is 9.10. The van der Waals surface area contributed by atoms with Gasteiger partial charge in [-0.2, -0.15) is 13.2 Å². The van der Waals surface area contributed by atoms with Crippen molar-refractivity contribution >= 4 is 15.9 Å². The molecule has 0 amide bonds. The van der Waals surface area contributed by atoms with Gasteiger partial charge in [-0.25, -0.2) is 0 Å². The van der Waals surface area contributed by atoms with Gasteiger partial charge < -0.3 is 5.32 Å². The molecule has 0 aliphatic rings. The minimum Gasteiger partial charge on any atom is -0.308 e. The summed E-state index contributed by atoms with van der Waals surface area (Å²) >= 11 is 3.34. The van der Waals surface area contributed by atoms with Crippen LogP contribution in [0.2, 0.25) is 0 Å². The van der Waals surface area contributed by atoms with E-state index in [0.29, 0.717) is 13.0 Å². The first kappa shape index (κ1) is 12.5. The molecular weight excluding hydrogens is 271 g/mol. The smallest absolute Gasteiger partial charge is 0.308 e. The Balaban J connectivity index is 2.30. The third-order valence-electron chi connectivity index (χ3n) is 1.85. The molecule has 5 heteroatoms. The molecule has 1 rings (SSSR count). The summed E-state index contributed by atoms with van der Waals surface area (Å²) in [4.78, 5) is 0. The Morgan fingerprint density at radius 3 is 2.47 bits per heavy atom. The van der Waals surface area contributed by atoms with Crippen molar-refractivity contribution in [2.75, 3.05) is 13.1 Å². The monoisotopic (exact) mass is 281 g/mol. The van der Waals surface area contributed by atoms with Crippen LogP contribution in [0.1, 0.15) is 5.56 Å². The van der Waals surface area contributed by atoms with Crippen LogP contribution in [0.25, 0.3) is 0 Å². The van der Waals surface area contributed by atoms with E-state index < -0.39 is 12.7 Å². The molecule has 0 saturated carbocycles. The highest BCUT2D eigenvalue weighted by Crippen LogP contribution is 2.16. The van der Waals surface area contributed by atoms with Crippen LogP contribution in [0.4, 0.5) is 13.2 Å². The second-order valence-corrected chi connectivity index (χ2v) is 3.99. The average molecular weight is 282 g/mol. The van der Waals surface area contributed by atoms with Crippen LogP contribution >= 0.6 is 15.9 Å². The molecule has 1 aromatic carbocycles. The Kier molecular flexibility index (Phi) is 4.60. The van der Waals surface area contributed by atoms with Gasteiger partial charge in [-0.1, -0.05) is 34.1 Å². The first-order valence-corrected chi connectivity index (χ1v) is 5.29. The molecule has 0 radical (unpaired) electrons. The summed E-state index contributed by atoms with van der Waals surface area (Å²) in [5.74, 6) is 0. The SMILES string of the molecule is FC(F)(F)CNCCc1ccccc1Br. The standard InChI is InChI=1S/C10H11BrF3N/c11-9-4-2-1-3-8(9)5-6-15-7-10(12,13)14/h1-4,15H,5-7H2. The Morgan fingerprint density at radius 2 is 1.87 bits per heavy atom. The van der Waals surface area contributed by atoms with E-state index in [0.717, 1.165) is 10.0 Å². The number of hydrogen-bond acceptors (Lipinski definition) is 1. The van der Waals surface area contributed by atoms with Crippen molar-refractivity contribution in [2.24, 2.45) is 0 Å². The topological polar surface area (TPSA) is 12.0 Å². The van der Waals surface area contributed by atoms with Crippen LogP contribution in [0, 0.1) is 0 Å². The fraction of sp³-hybridized carbons (Fsp3) is 0.400. The van der Waals surface area contributed by atoms with Crippen molar-refractivity contribution < 1.29 is 13.2 Å². The van der Waals surface area contributed by atoms with Crippen molar-refractivity contribution in [3.8, 4) is 0 Å². The number of benzene rings is 1. The van der Waals surface area contributed by atoms with Gasteiger partial charge in [0.15, 0.2) is 0 Å². The molecule has 0 aromatic heterocycles. The quantitative estimate of drug-likeness (QED) is 0.836. The van der Waals surface area contributed by atoms with Gasteiger partial charge in [0.25, 0.3) is 0 Å². The van der Waals surface area contributed by atoms with E-state index in [1.807, 2.05) is 24.3 Å².